The van der Waals surface area contributed by atoms with Crippen LogP contribution >= 0.6 is 0 Å². The number of rotatable bonds is 4. The molecule has 1 aliphatic rings. The predicted molar refractivity (Wildman–Crippen MR) is 73.7 cm³/mol. The summed E-state index contributed by atoms with van der Waals surface area (Å²) >= 11 is 0. The molecule has 114 valence electrons. The third kappa shape index (κ3) is 3.20. The van der Waals surface area contributed by atoms with Crippen molar-refractivity contribution < 1.29 is 23.8 Å². The average molecular weight is 284 g/mol. The van der Waals surface area contributed by atoms with E-state index in [2.05, 4.69) is 6.58 Å². The quantitative estimate of drug-likeness (QED) is 0.586. The number of esters is 2. The zero-order chi connectivity index (χ0) is 15.5. The summed E-state index contributed by atoms with van der Waals surface area (Å²) in [4.78, 5) is 22.5. The van der Waals surface area contributed by atoms with Gasteiger partial charge >= 0.3 is 11.9 Å². The Balaban J connectivity index is 3.09. The summed E-state index contributed by atoms with van der Waals surface area (Å²) in [7, 11) is 0. The van der Waals surface area contributed by atoms with E-state index in [0.717, 1.165) is 0 Å². The van der Waals surface area contributed by atoms with Crippen LogP contribution in [0, 0.1) is 11.8 Å². The van der Waals surface area contributed by atoms with Crippen molar-refractivity contribution in [2.45, 2.75) is 59.0 Å². The summed E-state index contributed by atoms with van der Waals surface area (Å²) in [5, 5.41) is 0. The van der Waals surface area contributed by atoms with E-state index < -0.39 is 29.9 Å². The minimum Gasteiger partial charge on any atom is -0.456 e. The van der Waals surface area contributed by atoms with Gasteiger partial charge in [0, 0.05) is 19.8 Å². The van der Waals surface area contributed by atoms with Crippen LogP contribution in [0.2, 0.25) is 0 Å². The number of hydrogen-bond acceptors (Lipinski definition) is 5. The van der Waals surface area contributed by atoms with Gasteiger partial charge in [0.1, 0.15) is 0 Å². The van der Waals surface area contributed by atoms with Crippen molar-refractivity contribution in [2.75, 3.05) is 0 Å². The van der Waals surface area contributed by atoms with E-state index in [9.17, 15) is 9.59 Å². The van der Waals surface area contributed by atoms with E-state index in [4.69, 9.17) is 14.2 Å². The molecule has 0 aromatic heterocycles. The SMILES string of the molecule is C=C[C@]1(CC)O[C@@H](OC(C)=O)[C@H](OC(C)=O)[C@@H](C)[C@@H]1C. The fraction of sp³-hybridized carbons (Fsp3) is 0.733. The van der Waals surface area contributed by atoms with Crippen LogP contribution in [0.15, 0.2) is 12.7 Å². The molecule has 0 N–H and O–H groups in total. The Morgan fingerprint density at radius 3 is 2.20 bits per heavy atom. The van der Waals surface area contributed by atoms with Crippen LogP contribution < -0.4 is 0 Å². The molecule has 1 rings (SSSR count). The van der Waals surface area contributed by atoms with Crippen molar-refractivity contribution in [2.24, 2.45) is 11.8 Å². The lowest BCUT2D eigenvalue weighted by atomic mass is 9.73. The van der Waals surface area contributed by atoms with Gasteiger partial charge in [-0.1, -0.05) is 26.8 Å². The van der Waals surface area contributed by atoms with Gasteiger partial charge < -0.3 is 14.2 Å². The minimum absolute atomic E-state index is 0.0186. The lowest BCUT2D eigenvalue weighted by Gasteiger charge is -2.49. The maximum Gasteiger partial charge on any atom is 0.305 e. The van der Waals surface area contributed by atoms with E-state index in [0.29, 0.717) is 6.42 Å². The van der Waals surface area contributed by atoms with Crippen LogP contribution in [-0.2, 0) is 23.8 Å². The van der Waals surface area contributed by atoms with Crippen molar-refractivity contribution in [3.8, 4) is 0 Å². The number of hydrogen-bond donors (Lipinski definition) is 0. The molecular formula is C15H24O5. The van der Waals surface area contributed by atoms with Crippen LogP contribution in [0.3, 0.4) is 0 Å². The Bertz CT molecular complexity index is 392. The molecule has 0 spiro atoms. The normalized spacial score (nSPS) is 37.0. The van der Waals surface area contributed by atoms with E-state index in [1.54, 1.807) is 6.08 Å². The van der Waals surface area contributed by atoms with Crippen LogP contribution in [0.1, 0.15) is 41.0 Å². The molecule has 5 atom stereocenters. The maximum absolute atomic E-state index is 11.3. The molecule has 1 heterocycles. The second-order valence-electron chi connectivity index (χ2n) is 5.33. The summed E-state index contributed by atoms with van der Waals surface area (Å²) in [6.45, 7) is 12.4. The number of carbonyl (C=O) groups excluding carboxylic acids is 2. The van der Waals surface area contributed by atoms with Gasteiger partial charge in [-0.3, -0.25) is 9.59 Å². The molecule has 1 saturated heterocycles. The van der Waals surface area contributed by atoms with Crippen molar-refractivity contribution in [1.29, 1.82) is 0 Å². The molecule has 5 heteroatoms. The van der Waals surface area contributed by atoms with Gasteiger partial charge in [-0.15, -0.1) is 6.58 Å². The molecule has 0 bridgehead atoms. The number of carbonyl (C=O) groups is 2. The molecule has 0 aliphatic carbocycles. The molecule has 1 aliphatic heterocycles. The van der Waals surface area contributed by atoms with E-state index in [1.165, 1.54) is 13.8 Å². The van der Waals surface area contributed by atoms with Crippen LogP contribution in [0.4, 0.5) is 0 Å². The molecule has 0 unspecified atom stereocenters. The molecule has 0 aromatic carbocycles. The summed E-state index contributed by atoms with van der Waals surface area (Å²) in [6.07, 6.45) is 0.938. The Hall–Kier alpha value is -1.36. The van der Waals surface area contributed by atoms with E-state index in [-0.39, 0.29) is 11.8 Å². The first-order chi connectivity index (χ1) is 9.27. The second kappa shape index (κ2) is 6.39. The monoisotopic (exact) mass is 284 g/mol. The molecule has 20 heavy (non-hydrogen) atoms. The lowest BCUT2D eigenvalue weighted by Crippen LogP contribution is -2.57. The summed E-state index contributed by atoms with van der Waals surface area (Å²) in [6, 6.07) is 0. The summed E-state index contributed by atoms with van der Waals surface area (Å²) < 4.78 is 16.4. The van der Waals surface area contributed by atoms with Crippen molar-refractivity contribution in [3.63, 3.8) is 0 Å². The van der Waals surface area contributed by atoms with Crippen LogP contribution in [0.25, 0.3) is 0 Å². The topological polar surface area (TPSA) is 61.8 Å². The third-order valence-corrected chi connectivity index (χ3v) is 4.16. The fourth-order valence-corrected chi connectivity index (χ4v) is 2.76. The van der Waals surface area contributed by atoms with Gasteiger partial charge in [-0.2, -0.15) is 0 Å². The Kier molecular flexibility index (Phi) is 5.34. The van der Waals surface area contributed by atoms with Crippen molar-refractivity contribution in [3.05, 3.63) is 12.7 Å². The van der Waals surface area contributed by atoms with Crippen LogP contribution in [-0.4, -0.2) is 29.9 Å². The van der Waals surface area contributed by atoms with Crippen LogP contribution in [0.5, 0.6) is 0 Å². The first kappa shape index (κ1) is 16.7. The van der Waals surface area contributed by atoms with Gasteiger partial charge in [0.25, 0.3) is 0 Å². The highest BCUT2D eigenvalue weighted by Gasteiger charge is 2.51. The van der Waals surface area contributed by atoms with E-state index >= 15 is 0 Å². The third-order valence-electron chi connectivity index (χ3n) is 4.16. The first-order valence-electron chi connectivity index (χ1n) is 6.93. The Morgan fingerprint density at radius 1 is 1.25 bits per heavy atom. The van der Waals surface area contributed by atoms with Gasteiger partial charge in [0.2, 0.25) is 6.29 Å². The Labute approximate surface area is 120 Å². The highest BCUT2D eigenvalue weighted by atomic mass is 16.7. The standard InChI is InChI=1S/C15H24O5/c1-7-15(8-2)10(4)9(3)13(18-11(5)16)14(20-15)19-12(6)17/h7,9-10,13-14H,1,8H2,2-6H3/t9-,10-,13+,14+,15+/m0/s1. The molecule has 0 amide bonds. The highest BCUT2D eigenvalue weighted by Crippen LogP contribution is 2.42. The molecule has 1 fully saturated rings. The molecule has 0 saturated carbocycles. The van der Waals surface area contributed by atoms with Gasteiger partial charge in [-0.25, -0.2) is 0 Å². The van der Waals surface area contributed by atoms with E-state index in [1.807, 2.05) is 20.8 Å². The maximum atomic E-state index is 11.3. The molecular weight excluding hydrogens is 260 g/mol. The predicted octanol–water partition coefficient (Wildman–Crippen LogP) is 2.44. The first-order valence-corrected chi connectivity index (χ1v) is 6.93. The van der Waals surface area contributed by atoms with Gasteiger partial charge in [0.15, 0.2) is 6.10 Å². The molecule has 5 nitrogen and oxygen atoms in total. The smallest absolute Gasteiger partial charge is 0.305 e. The minimum atomic E-state index is -0.902. The molecule has 0 radical (unpaired) electrons. The van der Waals surface area contributed by atoms with Gasteiger partial charge in [-0.05, 0) is 12.3 Å². The zero-order valence-corrected chi connectivity index (χ0v) is 12.8. The summed E-state index contributed by atoms with van der Waals surface area (Å²) in [5.41, 5.74) is -0.587. The van der Waals surface area contributed by atoms with Crippen molar-refractivity contribution >= 4 is 11.9 Å². The highest BCUT2D eigenvalue weighted by molar-refractivity contribution is 5.67. The van der Waals surface area contributed by atoms with Crippen molar-refractivity contribution in [1.82, 2.24) is 0 Å². The Morgan fingerprint density at radius 2 is 1.80 bits per heavy atom. The fourth-order valence-electron chi connectivity index (χ4n) is 2.76. The zero-order valence-electron chi connectivity index (χ0n) is 12.8. The largest absolute Gasteiger partial charge is 0.456 e. The summed E-state index contributed by atoms with van der Waals surface area (Å²) in [5.74, 6) is -0.823. The average Bonchev–Trinajstić information content (AvgIpc) is 2.37. The lowest BCUT2D eigenvalue weighted by molar-refractivity contribution is -0.287. The molecule has 0 aromatic rings. The second-order valence-corrected chi connectivity index (χ2v) is 5.33. The number of ether oxygens (including phenoxy) is 3. The van der Waals surface area contributed by atoms with Gasteiger partial charge in [0.05, 0.1) is 5.60 Å².